The van der Waals surface area contributed by atoms with Crippen LogP contribution in [0.25, 0.3) is 0 Å². The Labute approximate surface area is 139 Å². The van der Waals surface area contributed by atoms with Gasteiger partial charge in [-0.3, -0.25) is 14.7 Å². The zero-order valence-corrected chi connectivity index (χ0v) is 13.8. The number of aromatic nitrogens is 2. The highest BCUT2D eigenvalue weighted by atomic mass is 16.5. The number of carbonyl (C=O) groups excluding carboxylic acids is 2. The van der Waals surface area contributed by atoms with Crippen molar-refractivity contribution in [3.8, 4) is 11.5 Å². The van der Waals surface area contributed by atoms with Gasteiger partial charge in [0.25, 0.3) is 0 Å². The van der Waals surface area contributed by atoms with Crippen LogP contribution in [-0.2, 0) is 16.1 Å². The van der Waals surface area contributed by atoms with Gasteiger partial charge in [-0.05, 0) is 25.1 Å². The molecule has 2 amide bonds. The van der Waals surface area contributed by atoms with Gasteiger partial charge in [0.15, 0.2) is 0 Å². The number of aromatic amines is 1. The largest absolute Gasteiger partial charge is 0.497 e. The molecule has 2 rings (SSSR count). The molecule has 3 N–H and O–H groups in total. The summed E-state index contributed by atoms with van der Waals surface area (Å²) in [7, 11) is 3.03. The third-order valence-corrected chi connectivity index (χ3v) is 3.23. The third-order valence-electron chi connectivity index (χ3n) is 3.23. The van der Waals surface area contributed by atoms with E-state index < -0.39 is 5.91 Å². The van der Waals surface area contributed by atoms with Gasteiger partial charge in [-0.25, -0.2) is 0 Å². The van der Waals surface area contributed by atoms with Crippen molar-refractivity contribution < 1.29 is 19.1 Å². The number of rotatable bonds is 7. The molecule has 0 spiro atoms. The fraction of sp³-hybridized carbons (Fsp3) is 0.312. The summed E-state index contributed by atoms with van der Waals surface area (Å²) < 4.78 is 10.3. The first-order valence-electron chi connectivity index (χ1n) is 7.31. The molecule has 0 aliphatic carbocycles. The Kier molecular flexibility index (Phi) is 5.78. The van der Waals surface area contributed by atoms with E-state index in [2.05, 4.69) is 20.8 Å². The number of hydrogen-bond acceptors (Lipinski definition) is 5. The molecule has 0 aliphatic heterocycles. The van der Waals surface area contributed by atoms with Gasteiger partial charge in [0.1, 0.15) is 17.9 Å². The highest BCUT2D eigenvalue weighted by Crippen LogP contribution is 2.29. The van der Waals surface area contributed by atoms with E-state index in [1.165, 1.54) is 14.2 Å². The van der Waals surface area contributed by atoms with Crippen molar-refractivity contribution in [3.05, 3.63) is 35.7 Å². The predicted octanol–water partition coefficient (Wildman–Crippen LogP) is 1.38. The second-order valence-electron chi connectivity index (χ2n) is 5.11. The maximum Gasteiger partial charge on any atom is 0.233 e. The van der Waals surface area contributed by atoms with E-state index in [0.717, 1.165) is 5.69 Å². The van der Waals surface area contributed by atoms with Crippen LogP contribution in [0.5, 0.6) is 11.5 Å². The van der Waals surface area contributed by atoms with Crippen LogP contribution >= 0.6 is 0 Å². The lowest BCUT2D eigenvalue weighted by molar-refractivity contribution is -0.126. The van der Waals surface area contributed by atoms with Gasteiger partial charge in [-0.15, -0.1) is 0 Å². The first kappa shape index (κ1) is 17.3. The van der Waals surface area contributed by atoms with E-state index in [-0.39, 0.29) is 18.9 Å². The number of H-pyrrole nitrogens is 1. The molecule has 1 heterocycles. The number of methoxy groups -OCH3 is 2. The average molecular weight is 332 g/mol. The molecule has 0 radical (unpaired) electrons. The Morgan fingerprint density at radius 2 is 1.96 bits per heavy atom. The van der Waals surface area contributed by atoms with E-state index in [0.29, 0.717) is 22.9 Å². The van der Waals surface area contributed by atoms with Gasteiger partial charge in [0.2, 0.25) is 11.8 Å². The minimum absolute atomic E-state index is 0.266. The molecule has 0 fully saturated rings. The van der Waals surface area contributed by atoms with Gasteiger partial charge in [0, 0.05) is 11.8 Å². The van der Waals surface area contributed by atoms with Crippen molar-refractivity contribution >= 4 is 17.5 Å². The molecule has 8 heteroatoms. The maximum absolute atomic E-state index is 12.0. The summed E-state index contributed by atoms with van der Waals surface area (Å²) in [5, 5.41) is 12.1. The summed E-state index contributed by atoms with van der Waals surface area (Å²) >= 11 is 0. The summed E-state index contributed by atoms with van der Waals surface area (Å²) in [6.07, 6.45) is -0.293. The van der Waals surface area contributed by atoms with Crippen molar-refractivity contribution in [2.45, 2.75) is 19.9 Å². The fourth-order valence-electron chi connectivity index (χ4n) is 2.06. The van der Waals surface area contributed by atoms with Crippen molar-refractivity contribution in [2.24, 2.45) is 0 Å². The molecule has 0 atom stereocenters. The second kappa shape index (κ2) is 8.00. The number of hydrogen-bond donors (Lipinski definition) is 3. The van der Waals surface area contributed by atoms with Crippen LogP contribution in [0, 0.1) is 6.92 Å². The summed E-state index contributed by atoms with van der Waals surface area (Å²) in [6.45, 7) is 2.14. The van der Waals surface area contributed by atoms with Crippen LogP contribution < -0.4 is 20.1 Å². The van der Waals surface area contributed by atoms with Crippen molar-refractivity contribution in [1.82, 2.24) is 15.5 Å². The second-order valence-corrected chi connectivity index (χ2v) is 5.11. The van der Waals surface area contributed by atoms with Crippen LogP contribution in [0.2, 0.25) is 0 Å². The first-order chi connectivity index (χ1) is 11.5. The SMILES string of the molecule is COc1ccc(NC(=O)CC(=O)NCc2cc(C)[nH]n2)c(OC)c1. The van der Waals surface area contributed by atoms with Crippen molar-refractivity contribution in [1.29, 1.82) is 0 Å². The molecule has 2 aromatic rings. The van der Waals surface area contributed by atoms with E-state index >= 15 is 0 Å². The Morgan fingerprint density at radius 1 is 1.17 bits per heavy atom. The molecule has 24 heavy (non-hydrogen) atoms. The number of anilines is 1. The summed E-state index contributed by atoms with van der Waals surface area (Å²) in [5.74, 6) is 0.238. The van der Waals surface area contributed by atoms with Crippen molar-refractivity contribution in [2.75, 3.05) is 19.5 Å². The van der Waals surface area contributed by atoms with Crippen molar-refractivity contribution in [3.63, 3.8) is 0 Å². The van der Waals surface area contributed by atoms with Gasteiger partial charge < -0.3 is 20.1 Å². The molecule has 0 aliphatic rings. The number of carbonyl (C=O) groups is 2. The molecule has 0 saturated carbocycles. The molecule has 0 saturated heterocycles. The highest BCUT2D eigenvalue weighted by Gasteiger charge is 2.13. The maximum atomic E-state index is 12.0. The van der Waals surface area contributed by atoms with Gasteiger partial charge in [0.05, 0.1) is 32.1 Å². The van der Waals surface area contributed by atoms with E-state index in [9.17, 15) is 9.59 Å². The molecule has 0 unspecified atom stereocenters. The predicted molar refractivity (Wildman–Crippen MR) is 88.0 cm³/mol. The lowest BCUT2D eigenvalue weighted by atomic mass is 10.2. The summed E-state index contributed by atoms with van der Waals surface area (Å²) in [4.78, 5) is 23.8. The Hall–Kier alpha value is -3.03. The molecule has 1 aromatic heterocycles. The Morgan fingerprint density at radius 3 is 2.58 bits per heavy atom. The molecular weight excluding hydrogens is 312 g/mol. The van der Waals surface area contributed by atoms with Crippen LogP contribution in [0.1, 0.15) is 17.8 Å². The zero-order valence-electron chi connectivity index (χ0n) is 13.8. The molecular formula is C16H20N4O4. The number of aryl methyl sites for hydroxylation is 1. The van der Waals surface area contributed by atoms with Crippen LogP contribution in [0.3, 0.4) is 0 Å². The van der Waals surface area contributed by atoms with E-state index in [1.807, 2.05) is 13.0 Å². The molecule has 1 aromatic carbocycles. The zero-order chi connectivity index (χ0) is 17.5. The minimum atomic E-state index is -0.436. The minimum Gasteiger partial charge on any atom is -0.497 e. The molecule has 128 valence electrons. The lowest BCUT2D eigenvalue weighted by Crippen LogP contribution is -2.28. The average Bonchev–Trinajstić information content (AvgIpc) is 2.98. The normalized spacial score (nSPS) is 10.1. The monoisotopic (exact) mass is 332 g/mol. The summed E-state index contributed by atoms with van der Waals surface area (Å²) in [6, 6.07) is 6.82. The molecule has 0 bridgehead atoms. The Balaban J connectivity index is 1.87. The van der Waals surface area contributed by atoms with Gasteiger partial charge in [-0.2, -0.15) is 5.10 Å². The number of ether oxygens (including phenoxy) is 2. The highest BCUT2D eigenvalue weighted by molar-refractivity contribution is 6.04. The topological polar surface area (TPSA) is 105 Å². The number of benzene rings is 1. The third kappa shape index (κ3) is 4.73. The smallest absolute Gasteiger partial charge is 0.233 e. The quantitative estimate of drug-likeness (QED) is 0.664. The van der Waals surface area contributed by atoms with Crippen LogP contribution in [0.15, 0.2) is 24.3 Å². The Bertz CT molecular complexity index is 727. The molecule has 8 nitrogen and oxygen atoms in total. The fourth-order valence-corrected chi connectivity index (χ4v) is 2.06. The van der Waals surface area contributed by atoms with Crippen LogP contribution in [0.4, 0.5) is 5.69 Å². The number of nitrogens with zero attached hydrogens (tertiary/aromatic N) is 1. The van der Waals surface area contributed by atoms with Gasteiger partial charge in [-0.1, -0.05) is 0 Å². The first-order valence-corrected chi connectivity index (χ1v) is 7.31. The number of amides is 2. The lowest BCUT2D eigenvalue weighted by Gasteiger charge is -2.11. The standard InChI is InChI=1S/C16H20N4O4/c1-10-6-11(20-19-10)9-17-15(21)8-16(22)18-13-5-4-12(23-2)7-14(13)24-3/h4-7H,8-9H2,1-3H3,(H,17,21)(H,18,22)(H,19,20). The summed E-state index contributed by atoms with van der Waals surface area (Å²) in [5.41, 5.74) is 2.08. The van der Waals surface area contributed by atoms with E-state index in [4.69, 9.17) is 9.47 Å². The van der Waals surface area contributed by atoms with E-state index in [1.54, 1.807) is 18.2 Å². The number of nitrogens with one attached hydrogen (secondary N) is 3. The van der Waals surface area contributed by atoms with Crippen LogP contribution in [-0.4, -0.2) is 36.2 Å². The van der Waals surface area contributed by atoms with Gasteiger partial charge >= 0.3 is 0 Å².